The number of ether oxygens (including phenoxy) is 1. The van der Waals surface area contributed by atoms with Crippen molar-refractivity contribution in [1.29, 1.82) is 0 Å². The summed E-state index contributed by atoms with van der Waals surface area (Å²) in [5, 5.41) is 3.15. The van der Waals surface area contributed by atoms with Gasteiger partial charge in [-0.2, -0.15) is 11.8 Å². The van der Waals surface area contributed by atoms with Gasteiger partial charge in [-0.15, -0.1) is 0 Å². The third-order valence-corrected chi connectivity index (χ3v) is 5.10. The molecule has 0 radical (unpaired) electrons. The molecule has 0 saturated carbocycles. The molecule has 3 aromatic rings. The van der Waals surface area contributed by atoms with E-state index < -0.39 is 0 Å². The number of carbonyl (C=O) groups is 1. The second-order valence-electron chi connectivity index (χ2n) is 6.39. The second kappa shape index (κ2) is 9.46. The summed E-state index contributed by atoms with van der Waals surface area (Å²) < 4.78 is 5.24. The molecular weight excluding hydrogens is 358 g/mol. The fourth-order valence-electron chi connectivity index (χ4n) is 3.00. The number of hydrogen-bond donors (Lipinski definition) is 2. The number of aromatic amines is 1. The smallest absolute Gasteiger partial charge is 0.220 e. The van der Waals surface area contributed by atoms with Gasteiger partial charge in [-0.3, -0.25) is 4.79 Å². The number of fused-ring (bicyclic) bond motifs is 1. The number of methoxy groups -OCH3 is 1. The van der Waals surface area contributed by atoms with Gasteiger partial charge in [-0.1, -0.05) is 24.3 Å². The number of benzene rings is 2. The van der Waals surface area contributed by atoms with Crippen LogP contribution in [0.5, 0.6) is 5.75 Å². The molecule has 0 aliphatic carbocycles. The normalized spacial score (nSPS) is 12.1. The Hall–Kier alpha value is -2.47. The molecule has 1 unspecified atom stereocenters. The first kappa shape index (κ1) is 19.3. The Kier molecular flexibility index (Phi) is 6.76. The lowest BCUT2D eigenvalue weighted by Crippen LogP contribution is -2.30. The van der Waals surface area contributed by atoms with Crippen LogP contribution in [-0.4, -0.2) is 35.0 Å². The summed E-state index contributed by atoms with van der Waals surface area (Å²) in [6, 6.07) is 15.7. The van der Waals surface area contributed by atoms with E-state index in [-0.39, 0.29) is 11.9 Å². The molecule has 0 spiro atoms. The van der Waals surface area contributed by atoms with E-state index in [2.05, 4.69) is 21.5 Å². The van der Waals surface area contributed by atoms with Crippen molar-refractivity contribution in [2.45, 2.75) is 25.3 Å². The van der Waals surface area contributed by atoms with E-state index in [0.29, 0.717) is 12.8 Å². The Morgan fingerprint density at radius 2 is 2.11 bits per heavy atom. The van der Waals surface area contributed by atoms with Gasteiger partial charge in [0.25, 0.3) is 0 Å². The maximum absolute atomic E-state index is 12.5. The third-order valence-electron chi connectivity index (χ3n) is 4.46. The van der Waals surface area contributed by atoms with E-state index in [1.807, 2.05) is 48.5 Å². The topological polar surface area (TPSA) is 67.0 Å². The van der Waals surface area contributed by atoms with Gasteiger partial charge in [0, 0.05) is 6.42 Å². The lowest BCUT2D eigenvalue weighted by Gasteiger charge is -2.16. The lowest BCUT2D eigenvalue weighted by atomic mass is 10.1. The van der Waals surface area contributed by atoms with Crippen LogP contribution in [0.1, 0.15) is 30.3 Å². The number of para-hydroxylation sites is 2. The first-order valence-corrected chi connectivity index (χ1v) is 10.4. The number of H-pyrrole nitrogens is 1. The van der Waals surface area contributed by atoms with Crippen LogP contribution in [-0.2, 0) is 11.2 Å². The lowest BCUT2D eigenvalue weighted by molar-refractivity contribution is -0.121. The van der Waals surface area contributed by atoms with Crippen LogP contribution < -0.4 is 10.1 Å². The highest BCUT2D eigenvalue weighted by molar-refractivity contribution is 7.98. The van der Waals surface area contributed by atoms with Gasteiger partial charge in [0.05, 0.1) is 24.2 Å². The number of nitrogens with one attached hydrogen (secondary N) is 2. The van der Waals surface area contributed by atoms with Crippen LogP contribution in [0.4, 0.5) is 0 Å². The number of thioether (sulfide) groups is 1. The van der Waals surface area contributed by atoms with Gasteiger partial charge in [0.15, 0.2) is 0 Å². The fourth-order valence-corrected chi connectivity index (χ4v) is 3.47. The molecule has 27 heavy (non-hydrogen) atoms. The summed E-state index contributed by atoms with van der Waals surface area (Å²) in [5.74, 6) is 2.62. The first-order valence-electron chi connectivity index (χ1n) is 9.05. The number of aryl methyl sites for hydroxylation is 1. The minimum Gasteiger partial charge on any atom is -0.497 e. The van der Waals surface area contributed by atoms with E-state index in [9.17, 15) is 4.79 Å². The van der Waals surface area contributed by atoms with Crippen molar-refractivity contribution in [3.63, 3.8) is 0 Å². The van der Waals surface area contributed by atoms with Crippen LogP contribution in [0.25, 0.3) is 11.0 Å². The van der Waals surface area contributed by atoms with Gasteiger partial charge < -0.3 is 15.0 Å². The predicted octanol–water partition coefficient (Wildman–Crippen LogP) is 4.11. The van der Waals surface area contributed by atoms with Crippen molar-refractivity contribution in [3.8, 4) is 5.75 Å². The maximum Gasteiger partial charge on any atom is 0.220 e. The Balaban J connectivity index is 1.65. The number of nitrogens with zero attached hydrogens (tertiary/aromatic N) is 1. The fraction of sp³-hybridized carbons (Fsp3) is 0.333. The standard InChI is InChI=1S/C21H25N3O2S/c1-26-16-7-5-6-15(14-16)10-11-20(25)22-19(12-13-27-2)21-23-17-8-3-4-9-18(17)24-21/h3-9,14,19H,10-13H2,1-2H3,(H,22,25)(H,23,24). The van der Waals surface area contributed by atoms with Crippen molar-refractivity contribution < 1.29 is 9.53 Å². The first-order chi connectivity index (χ1) is 13.2. The zero-order chi connectivity index (χ0) is 19.1. The molecule has 0 aliphatic rings. The van der Waals surface area contributed by atoms with E-state index in [4.69, 9.17) is 4.74 Å². The number of aromatic nitrogens is 2. The third kappa shape index (κ3) is 5.26. The zero-order valence-electron chi connectivity index (χ0n) is 15.7. The zero-order valence-corrected chi connectivity index (χ0v) is 16.5. The van der Waals surface area contributed by atoms with Crippen LogP contribution in [0, 0.1) is 0 Å². The maximum atomic E-state index is 12.5. The number of hydrogen-bond acceptors (Lipinski definition) is 4. The van der Waals surface area contributed by atoms with Gasteiger partial charge in [-0.05, 0) is 54.7 Å². The molecule has 0 aliphatic heterocycles. The molecule has 0 fully saturated rings. The number of imidazole rings is 1. The van der Waals surface area contributed by atoms with E-state index >= 15 is 0 Å². The summed E-state index contributed by atoms with van der Waals surface area (Å²) in [5.41, 5.74) is 3.01. The molecule has 5 nitrogen and oxygen atoms in total. The molecule has 1 aromatic heterocycles. The van der Waals surface area contributed by atoms with E-state index in [1.54, 1.807) is 18.9 Å². The number of rotatable bonds is 9. The van der Waals surface area contributed by atoms with Crippen molar-refractivity contribution in [3.05, 3.63) is 59.9 Å². The molecule has 0 bridgehead atoms. The summed E-state index contributed by atoms with van der Waals surface area (Å²) in [7, 11) is 1.65. The van der Waals surface area contributed by atoms with Crippen LogP contribution in [0.15, 0.2) is 48.5 Å². The largest absolute Gasteiger partial charge is 0.497 e. The summed E-state index contributed by atoms with van der Waals surface area (Å²) in [4.78, 5) is 20.6. The average Bonchev–Trinajstić information content (AvgIpc) is 3.14. The molecule has 6 heteroatoms. The molecule has 1 amide bonds. The molecule has 3 rings (SSSR count). The van der Waals surface area contributed by atoms with Gasteiger partial charge >= 0.3 is 0 Å². The quantitative estimate of drug-likeness (QED) is 0.583. The van der Waals surface area contributed by atoms with Gasteiger partial charge in [-0.25, -0.2) is 4.98 Å². The average molecular weight is 384 g/mol. The molecule has 142 valence electrons. The van der Waals surface area contributed by atoms with Crippen molar-refractivity contribution >= 4 is 28.7 Å². The molecular formula is C21H25N3O2S. The second-order valence-corrected chi connectivity index (χ2v) is 7.38. The summed E-state index contributed by atoms with van der Waals surface area (Å²) in [6.45, 7) is 0. The molecule has 2 N–H and O–H groups in total. The minimum atomic E-state index is -0.109. The Morgan fingerprint density at radius 1 is 1.26 bits per heavy atom. The predicted molar refractivity (Wildman–Crippen MR) is 111 cm³/mol. The molecule has 0 saturated heterocycles. The summed E-state index contributed by atoms with van der Waals surface area (Å²) in [6.07, 6.45) is 4.02. The number of carbonyl (C=O) groups excluding carboxylic acids is 1. The van der Waals surface area contributed by atoms with Crippen LogP contribution in [0.2, 0.25) is 0 Å². The van der Waals surface area contributed by atoms with Crippen molar-refractivity contribution in [2.24, 2.45) is 0 Å². The highest BCUT2D eigenvalue weighted by Crippen LogP contribution is 2.20. The minimum absolute atomic E-state index is 0.0318. The van der Waals surface area contributed by atoms with Gasteiger partial charge in [0.2, 0.25) is 5.91 Å². The Morgan fingerprint density at radius 3 is 2.89 bits per heavy atom. The Labute approximate surface area is 163 Å². The van der Waals surface area contributed by atoms with Crippen molar-refractivity contribution in [2.75, 3.05) is 19.1 Å². The monoisotopic (exact) mass is 383 g/mol. The van der Waals surface area contributed by atoms with E-state index in [1.165, 1.54) is 0 Å². The van der Waals surface area contributed by atoms with Gasteiger partial charge in [0.1, 0.15) is 11.6 Å². The van der Waals surface area contributed by atoms with Crippen LogP contribution >= 0.6 is 11.8 Å². The number of amides is 1. The summed E-state index contributed by atoms with van der Waals surface area (Å²) >= 11 is 1.77. The SMILES string of the molecule is COc1cccc(CCC(=O)NC(CCSC)c2nc3ccccc3[nH]2)c1. The van der Waals surface area contributed by atoms with E-state index in [0.717, 1.165) is 40.3 Å². The molecule has 1 heterocycles. The van der Waals surface area contributed by atoms with Crippen LogP contribution in [0.3, 0.4) is 0 Å². The van der Waals surface area contributed by atoms with Crippen molar-refractivity contribution in [1.82, 2.24) is 15.3 Å². The highest BCUT2D eigenvalue weighted by Gasteiger charge is 2.18. The molecule has 2 aromatic carbocycles. The molecule has 1 atom stereocenters. The Bertz CT molecular complexity index is 861. The highest BCUT2D eigenvalue weighted by atomic mass is 32.2.